The fraction of sp³-hybridized carbons (Fsp3) is 0.0588. The van der Waals surface area contributed by atoms with Crippen LogP contribution in [0.1, 0.15) is 11.1 Å². The maximum atomic E-state index is 11.7. The summed E-state index contributed by atoms with van der Waals surface area (Å²) >= 11 is 11.1. The van der Waals surface area contributed by atoms with E-state index in [1.54, 1.807) is 6.08 Å². The van der Waals surface area contributed by atoms with Crippen LogP contribution in [0.25, 0.3) is 6.08 Å². The summed E-state index contributed by atoms with van der Waals surface area (Å²) in [6.07, 6.45) is 1.70. The first kappa shape index (κ1) is 15.5. The van der Waals surface area contributed by atoms with Gasteiger partial charge in [0.1, 0.15) is 18.1 Å². The van der Waals surface area contributed by atoms with Crippen LogP contribution >= 0.6 is 23.8 Å². The summed E-state index contributed by atoms with van der Waals surface area (Å²) in [5, 5.41) is 6.30. The van der Waals surface area contributed by atoms with Gasteiger partial charge in [-0.15, -0.1) is 0 Å². The molecule has 3 rings (SSSR count). The molecule has 116 valence electrons. The zero-order valence-corrected chi connectivity index (χ0v) is 13.6. The number of thiocarbonyl (C=S) groups is 1. The molecule has 0 spiro atoms. The minimum atomic E-state index is -0.254. The molecule has 23 heavy (non-hydrogen) atoms. The van der Waals surface area contributed by atoms with Gasteiger partial charge in [0.15, 0.2) is 5.11 Å². The van der Waals surface area contributed by atoms with Crippen molar-refractivity contribution in [3.8, 4) is 5.75 Å². The highest BCUT2D eigenvalue weighted by Gasteiger charge is 2.20. The van der Waals surface area contributed by atoms with Crippen molar-refractivity contribution in [2.75, 3.05) is 0 Å². The summed E-state index contributed by atoms with van der Waals surface area (Å²) in [5.74, 6) is 0.406. The summed E-state index contributed by atoms with van der Waals surface area (Å²) in [4.78, 5) is 11.7. The Bertz CT molecular complexity index is 805. The van der Waals surface area contributed by atoms with Gasteiger partial charge in [-0.2, -0.15) is 0 Å². The van der Waals surface area contributed by atoms with E-state index < -0.39 is 0 Å². The molecule has 2 aromatic carbocycles. The predicted molar refractivity (Wildman–Crippen MR) is 94.1 cm³/mol. The first-order valence-electron chi connectivity index (χ1n) is 6.93. The molecule has 0 unspecified atom stereocenters. The van der Waals surface area contributed by atoms with Gasteiger partial charge in [0.2, 0.25) is 0 Å². The van der Waals surface area contributed by atoms with E-state index in [0.717, 1.165) is 11.1 Å². The number of hydrogen-bond acceptors (Lipinski definition) is 3. The van der Waals surface area contributed by atoms with Crippen molar-refractivity contribution in [3.05, 3.63) is 70.4 Å². The SMILES string of the molecule is O=C1NC(=S)NC1=Cc1ccccc1OCc1ccccc1Cl. The molecule has 0 radical (unpaired) electrons. The Labute approximate surface area is 144 Å². The lowest BCUT2D eigenvalue weighted by Gasteiger charge is -2.10. The lowest BCUT2D eigenvalue weighted by atomic mass is 10.1. The van der Waals surface area contributed by atoms with Crippen LogP contribution in [0.5, 0.6) is 5.75 Å². The van der Waals surface area contributed by atoms with E-state index in [2.05, 4.69) is 10.6 Å². The second kappa shape index (κ2) is 6.81. The normalized spacial score (nSPS) is 15.4. The molecule has 0 aliphatic carbocycles. The van der Waals surface area contributed by atoms with E-state index in [9.17, 15) is 4.79 Å². The third-order valence-corrected chi connectivity index (χ3v) is 3.85. The van der Waals surface area contributed by atoms with Gasteiger partial charge >= 0.3 is 0 Å². The number of para-hydroxylation sites is 1. The van der Waals surface area contributed by atoms with Crippen LogP contribution in [0.3, 0.4) is 0 Å². The smallest absolute Gasteiger partial charge is 0.273 e. The van der Waals surface area contributed by atoms with Crippen molar-refractivity contribution in [1.82, 2.24) is 10.6 Å². The van der Waals surface area contributed by atoms with Crippen molar-refractivity contribution in [2.24, 2.45) is 0 Å². The van der Waals surface area contributed by atoms with Crippen LogP contribution < -0.4 is 15.4 Å². The second-order valence-corrected chi connectivity index (χ2v) is 5.70. The van der Waals surface area contributed by atoms with Gasteiger partial charge in [-0.25, -0.2) is 0 Å². The Hall–Kier alpha value is -2.37. The molecule has 1 amide bonds. The third kappa shape index (κ3) is 3.70. The Morgan fingerprint density at radius 3 is 2.57 bits per heavy atom. The van der Waals surface area contributed by atoms with Crippen molar-refractivity contribution >= 4 is 40.9 Å². The van der Waals surface area contributed by atoms with E-state index in [4.69, 9.17) is 28.6 Å². The number of carbonyl (C=O) groups excluding carboxylic acids is 1. The molecule has 1 heterocycles. The molecule has 2 aromatic rings. The van der Waals surface area contributed by atoms with Crippen molar-refractivity contribution in [2.45, 2.75) is 6.61 Å². The standard InChI is InChI=1S/C17H13ClN2O2S/c18-13-7-3-1-6-12(13)10-22-15-8-4-2-5-11(15)9-14-16(21)20-17(23)19-14/h1-9H,10H2,(H2,19,20,21,23). The number of rotatable bonds is 4. The lowest BCUT2D eigenvalue weighted by molar-refractivity contribution is -0.115. The van der Waals surface area contributed by atoms with Crippen LogP contribution in [0.15, 0.2) is 54.2 Å². The van der Waals surface area contributed by atoms with Crippen LogP contribution in [0, 0.1) is 0 Å². The molecule has 1 aliphatic heterocycles. The molecule has 1 saturated heterocycles. The zero-order valence-electron chi connectivity index (χ0n) is 12.0. The van der Waals surface area contributed by atoms with Crippen LogP contribution in [0.4, 0.5) is 0 Å². The quantitative estimate of drug-likeness (QED) is 0.660. The lowest BCUT2D eigenvalue weighted by Crippen LogP contribution is -2.21. The fourth-order valence-electron chi connectivity index (χ4n) is 2.14. The summed E-state index contributed by atoms with van der Waals surface area (Å²) in [5.41, 5.74) is 2.07. The number of halogens is 1. The van der Waals surface area contributed by atoms with E-state index >= 15 is 0 Å². The molecule has 6 heteroatoms. The van der Waals surface area contributed by atoms with Crippen molar-refractivity contribution in [3.63, 3.8) is 0 Å². The molecule has 0 aromatic heterocycles. The van der Waals surface area contributed by atoms with Gasteiger partial charge in [-0.1, -0.05) is 48.0 Å². The Morgan fingerprint density at radius 2 is 1.83 bits per heavy atom. The number of amides is 1. The topological polar surface area (TPSA) is 50.4 Å². The maximum Gasteiger partial charge on any atom is 0.273 e. The van der Waals surface area contributed by atoms with E-state index in [-0.39, 0.29) is 5.91 Å². The second-order valence-electron chi connectivity index (χ2n) is 4.88. The zero-order chi connectivity index (χ0) is 16.2. The molecule has 0 atom stereocenters. The fourth-order valence-corrected chi connectivity index (χ4v) is 2.53. The van der Waals surface area contributed by atoms with Crippen LogP contribution in [0.2, 0.25) is 5.02 Å². The molecule has 1 fully saturated rings. The van der Waals surface area contributed by atoms with Gasteiger partial charge in [0.25, 0.3) is 5.91 Å². The van der Waals surface area contributed by atoms with Crippen molar-refractivity contribution in [1.29, 1.82) is 0 Å². The van der Waals surface area contributed by atoms with E-state index in [1.165, 1.54) is 0 Å². The average molecular weight is 345 g/mol. The molecule has 0 bridgehead atoms. The third-order valence-electron chi connectivity index (χ3n) is 3.28. The number of carbonyl (C=O) groups is 1. The van der Waals surface area contributed by atoms with Crippen molar-refractivity contribution < 1.29 is 9.53 Å². The summed E-state index contributed by atoms with van der Waals surface area (Å²) in [6, 6.07) is 15.0. The summed E-state index contributed by atoms with van der Waals surface area (Å²) < 4.78 is 5.86. The van der Waals surface area contributed by atoms with Crippen LogP contribution in [-0.4, -0.2) is 11.0 Å². The number of benzene rings is 2. The van der Waals surface area contributed by atoms with Gasteiger partial charge in [-0.05, 0) is 30.4 Å². The summed E-state index contributed by atoms with van der Waals surface area (Å²) in [6.45, 7) is 0.345. The molecular formula is C17H13ClN2O2S. The van der Waals surface area contributed by atoms with E-state index in [0.29, 0.717) is 28.2 Å². The summed E-state index contributed by atoms with van der Waals surface area (Å²) in [7, 11) is 0. The Balaban J connectivity index is 1.81. The first-order valence-corrected chi connectivity index (χ1v) is 7.71. The highest BCUT2D eigenvalue weighted by atomic mass is 35.5. The Morgan fingerprint density at radius 1 is 1.09 bits per heavy atom. The minimum absolute atomic E-state index is 0.254. The molecule has 2 N–H and O–H groups in total. The van der Waals surface area contributed by atoms with Gasteiger partial charge in [0, 0.05) is 16.1 Å². The van der Waals surface area contributed by atoms with Gasteiger partial charge in [-0.3, -0.25) is 10.1 Å². The average Bonchev–Trinajstić information content (AvgIpc) is 2.85. The molecule has 0 saturated carbocycles. The van der Waals surface area contributed by atoms with Gasteiger partial charge in [0.05, 0.1) is 0 Å². The number of hydrogen-bond donors (Lipinski definition) is 2. The monoisotopic (exact) mass is 344 g/mol. The van der Waals surface area contributed by atoms with E-state index in [1.807, 2.05) is 48.5 Å². The maximum absolute atomic E-state index is 11.7. The van der Waals surface area contributed by atoms with Crippen LogP contribution in [-0.2, 0) is 11.4 Å². The number of nitrogens with one attached hydrogen (secondary N) is 2. The first-order chi connectivity index (χ1) is 11.1. The predicted octanol–water partition coefficient (Wildman–Crippen LogP) is 3.26. The molecule has 1 aliphatic rings. The largest absolute Gasteiger partial charge is 0.488 e. The Kier molecular flexibility index (Phi) is 4.60. The molecule has 4 nitrogen and oxygen atoms in total. The highest BCUT2D eigenvalue weighted by molar-refractivity contribution is 7.80. The molecular weight excluding hydrogens is 332 g/mol. The number of ether oxygens (including phenoxy) is 1. The van der Waals surface area contributed by atoms with Gasteiger partial charge < -0.3 is 10.1 Å². The minimum Gasteiger partial charge on any atom is -0.488 e. The highest BCUT2D eigenvalue weighted by Crippen LogP contribution is 2.24.